The number of pyridine rings is 1. The molecular formula is C26H23NO3. The van der Waals surface area contributed by atoms with Gasteiger partial charge in [-0.2, -0.15) is 0 Å². The molecule has 0 saturated heterocycles. The second kappa shape index (κ2) is 9.23. The van der Waals surface area contributed by atoms with Crippen molar-refractivity contribution in [3.8, 4) is 16.9 Å². The molecule has 0 saturated carbocycles. The smallest absolute Gasteiger partial charge is 0.305 e. The van der Waals surface area contributed by atoms with Gasteiger partial charge in [0.15, 0.2) is 0 Å². The largest absolute Gasteiger partial charge is 0.488 e. The van der Waals surface area contributed by atoms with Crippen LogP contribution in [-0.2, 0) is 22.6 Å². The number of hydrogen-bond donors (Lipinski definition) is 0. The molecule has 4 nitrogen and oxygen atoms in total. The fourth-order valence-electron chi connectivity index (χ4n) is 3.43. The molecule has 1 aromatic heterocycles. The molecule has 4 heteroatoms. The standard InChI is InChI=1S/C26H23NO3/c1-29-26(28)13-9-19-8-12-25(30-18-20-5-4-14-27-17-20)24(15-19)23-11-10-21-6-2-3-7-22(21)16-23/h2-8,10-12,14-17H,9,13,18H2,1H3. The van der Waals surface area contributed by atoms with Crippen molar-refractivity contribution >= 4 is 16.7 Å². The number of ether oxygens (including phenoxy) is 2. The molecule has 0 atom stereocenters. The maximum absolute atomic E-state index is 11.6. The van der Waals surface area contributed by atoms with Crippen LogP contribution in [0.3, 0.4) is 0 Å². The third-order valence-electron chi connectivity index (χ3n) is 5.07. The Morgan fingerprint density at radius 1 is 0.900 bits per heavy atom. The molecule has 1 heterocycles. The predicted octanol–water partition coefficient (Wildman–Crippen LogP) is 5.59. The van der Waals surface area contributed by atoms with Crippen LogP contribution in [0.1, 0.15) is 17.5 Å². The minimum atomic E-state index is -0.209. The van der Waals surface area contributed by atoms with E-state index in [0.717, 1.165) is 28.0 Å². The highest BCUT2D eigenvalue weighted by Crippen LogP contribution is 2.34. The lowest BCUT2D eigenvalue weighted by Crippen LogP contribution is -2.02. The summed E-state index contributed by atoms with van der Waals surface area (Å²) in [6, 6.07) is 24.7. The van der Waals surface area contributed by atoms with Gasteiger partial charge in [-0.15, -0.1) is 0 Å². The van der Waals surface area contributed by atoms with Gasteiger partial charge in [0, 0.05) is 29.9 Å². The Labute approximate surface area is 176 Å². The van der Waals surface area contributed by atoms with Crippen molar-refractivity contribution in [3.05, 3.63) is 96.3 Å². The minimum absolute atomic E-state index is 0.209. The summed E-state index contributed by atoms with van der Waals surface area (Å²) in [6.45, 7) is 0.440. The van der Waals surface area contributed by atoms with Gasteiger partial charge in [0.1, 0.15) is 12.4 Å². The molecule has 4 aromatic rings. The first kappa shape index (κ1) is 19.6. The molecule has 0 radical (unpaired) electrons. The van der Waals surface area contributed by atoms with Gasteiger partial charge in [-0.25, -0.2) is 0 Å². The first-order valence-electron chi connectivity index (χ1n) is 9.93. The first-order valence-corrected chi connectivity index (χ1v) is 9.93. The number of rotatable bonds is 7. The summed E-state index contributed by atoms with van der Waals surface area (Å²) in [6.07, 6.45) is 4.53. The third-order valence-corrected chi connectivity index (χ3v) is 5.07. The number of aromatic nitrogens is 1. The van der Waals surface area contributed by atoms with E-state index >= 15 is 0 Å². The molecule has 0 fully saturated rings. The Morgan fingerprint density at radius 2 is 1.77 bits per heavy atom. The molecule has 0 aliphatic heterocycles. The summed E-state index contributed by atoms with van der Waals surface area (Å²) in [7, 11) is 1.41. The third kappa shape index (κ3) is 4.66. The lowest BCUT2D eigenvalue weighted by atomic mass is 9.97. The molecule has 0 amide bonds. The average molecular weight is 397 g/mol. The van der Waals surface area contributed by atoms with E-state index in [1.54, 1.807) is 12.4 Å². The summed E-state index contributed by atoms with van der Waals surface area (Å²) < 4.78 is 10.9. The van der Waals surface area contributed by atoms with Gasteiger partial charge >= 0.3 is 5.97 Å². The van der Waals surface area contributed by atoms with Gasteiger partial charge in [0.2, 0.25) is 0 Å². The van der Waals surface area contributed by atoms with Gasteiger partial charge in [-0.05, 0) is 52.6 Å². The number of hydrogen-bond acceptors (Lipinski definition) is 4. The zero-order valence-corrected chi connectivity index (χ0v) is 16.9. The molecule has 0 bridgehead atoms. The van der Waals surface area contributed by atoms with E-state index in [2.05, 4.69) is 41.4 Å². The van der Waals surface area contributed by atoms with Crippen LogP contribution in [0.4, 0.5) is 0 Å². The molecule has 0 aliphatic rings. The van der Waals surface area contributed by atoms with Gasteiger partial charge < -0.3 is 9.47 Å². The van der Waals surface area contributed by atoms with E-state index in [9.17, 15) is 4.79 Å². The highest BCUT2D eigenvalue weighted by atomic mass is 16.5. The van der Waals surface area contributed by atoms with Crippen molar-refractivity contribution in [3.63, 3.8) is 0 Å². The van der Waals surface area contributed by atoms with E-state index in [-0.39, 0.29) is 5.97 Å². The molecule has 0 spiro atoms. The fourth-order valence-corrected chi connectivity index (χ4v) is 3.43. The first-order chi connectivity index (χ1) is 14.7. The van der Waals surface area contributed by atoms with E-state index < -0.39 is 0 Å². The highest BCUT2D eigenvalue weighted by molar-refractivity contribution is 5.88. The fraction of sp³-hybridized carbons (Fsp3) is 0.154. The van der Waals surface area contributed by atoms with E-state index in [1.165, 1.54) is 17.9 Å². The molecular weight excluding hydrogens is 374 g/mol. The van der Waals surface area contributed by atoms with Gasteiger partial charge in [0.25, 0.3) is 0 Å². The number of fused-ring (bicyclic) bond motifs is 1. The molecule has 4 rings (SSSR count). The van der Waals surface area contributed by atoms with Gasteiger partial charge in [-0.1, -0.05) is 48.5 Å². The SMILES string of the molecule is COC(=O)CCc1ccc(OCc2cccnc2)c(-c2ccc3ccccc3c2)c1. The van der Waals surface area contributed by atoms with Crippen LogP contribution in [0.5, 0.6) is 5.75 Å². The van der Waals surface area contributed by atoms with E-state index in [0.29, 0.717) is 19.4 Å². The Hall–Kier alpha value is -3.66. The predicted molar refractivity (Wildman–Crippen MR) is 118 cm³/mol. The number of carbonyl (C=O) groups is 1. The van der Waals surface area contributed by atoms with Crippen molar-refractivity contribution in [2.45, 2.75) is 19.4 Å². The van der Waals surface area contributed by atoms with E-state index in [1.807, 2.05) is 36.4 Å². The minimum Gasteiger partial charge on any atom is -0.488 e. The zero-order chi connectivity index (χ0) is 20.8. The molecule has 0 unspecified atom stereocenters. The Kier molecular flexibility index (Phi) is 6.04. The topological polar surface area (TPSA) is 48.4 Å². The lowest BCUT2D eigenvalue weighted by molar-refractivity contribution is -0.140. The van der Waals surface area contributed by atoms with Gasteiger partial charge in [-0.3, -0.25) is 9.78 Å². The van der Waals surface area contributed by atoms with Crippen LogP contribution in [0.25, 0.3) is 21.9 Å². The summed E-state index contributed by atoms with van der Waals surface area (Å²) in [5, 5.41) is 2.37. The van der Waals surface area contributed by atoms with Crippen LogP contribution < -0.4 is 4.74 Å². The highest BCUT2D eigenvalue weighted by Gasteiger charge is 2.11. The molecule has 30 heavy (non-hydrogen) atoms. The zero-order valence-electron chi connectivity index (χ0n) is 16.9. The number of esters is 1. The summed E-state index contributed by atoms with van der Waals surface area (Å²) in [5.41, 5.74) is 4.16. The van der Waals surface area contributed by atoms with Crippen LogP contribution in [0, 0.1) is 0 Å². The quantitative estimate of drug-likeness (QED) is 0.382. The van der Waals surface area contributed by atoms with Crippen molar-refractivity contribution in [1.29, 1.82) is 0 Å². The van der Waals surface area contributed by atoms with Crippen molar-refractivity contribution in [2.75, 3.05) is 7.11 Å². The van der Waals surface area contributed by atoms with Crippen molar-refractivity contribution in [1.82, 2.24) is 4.98 Å². The molecule has 0 aliphatic carbocycles. The second-order valence-electron chi connectivity index (χ2n) is 7.12. The van der Waals surface area contributed by atoms with Gasteiger partial charge in [0.05, 0.1) is 7.11 Å². The second-order valence-corrected chi connectivity index (χ2v) is 7.12. The van der Waals surface area contributed by atoms with E-state index in [4.69, 9.17) is 9.47 Å². The Balaban J connectivity index is 1.68. The maximum atomic E-state index is 11.6. The number of benzene rings is 3. The van der Waals surface area contributed by atoms with Crippen LogP contribution in [0.15, 0.2) is 85.2 Å². The van der Waals surface area contributed by atoms with Crippen LogP contribution in [-0.4, -0.2) is 18.1 Å². The van der Waals surface area contributed by atoms with Crippen molar-refractivity contribution in [2.24, 2.45) is 0 Å². The lowest BCUT2D eigenvalue weighted by Gasteiger charge is -2.14. The number of aryl methyl sites for hydroxylation is 1. The Morgan fingerprint density at radius 3 is 2.57 bits per heavy atom. The normalized spacial score (nSPS) is 10.7. The summed E-state index contributed by atoms with van der Waals surface area (Å²) >= 11 is 0. The van der Waals surface area contributed by atoms with Crippen LogP contribution in [0.2, 0.25) is 0 Å². The summed E-state index contributed by atoms with van der Waals surface area (Å²) in [5.74, 6) is 0.593. The number of nitrogens with zero attached hydrogens (tertiary/aromatic N) is 1. The Bertz CT molecular complexity index is 1160. The average Bonchev–Trinajstić information content (AvgIpc) is 2.81. The summed E-state index contributed by atoms with van der Waals surface area (Å²) in [4.78, 5) is 15.7. The number of carbonyl (C=O) groups excluding carboxylic acids is 1. The van der Waals surface area contributed by atoms with Crippen molar-refractivity contribution < 1.29 is 14.3 Å². The van der Waals surface area contributed by atoms with Crippen LogP contribution >= 0.6 is 0 Å². The maximum Gasteiger partial charge on any atom is 0.305 e. The monoisotopic (exact) mass is 397 g/mol. The molecule has 3 aromatic carbocycles. The molecule has 150 valence electrons. The molecule has 0 N–H and O–H groups in total. The number of methoxy groups -OCH3 is 1.